The first kappa shape index (κ1) is 7.73. The van der Waals surface area contributed by atoms with E-state index >= 15 is 0 Å². The van der Waals surface area contributed by atoms with Gasteiger partial charge in [0, 0.05) is 20.1 Å². The van der Waals surface area contributed by atoms with Crippen LogP contribution in [0.15, 0.2) is 15.9 Å². The fourth-order valence-corrected chi connectivity index (χ4v) is 3.83. The summed E-state index contributed by atoms with van der Waals surface area (Å²) in [6, 6.07) is 2.03. The van der Waals surface area contributed by atoms with E-state index in [1.807, 2.05) is 6.07 Å². The van der Waals surface area contributed by atoms with E-state index in [1.54, 1.807) is 22.7 Å². The van der Waals surface area contributed by atoms with Gasteiger partial charge >= 0.3 is 0 Å². The average Bonchev–Trinajstić information content (AvgIpc) is 2.53. The summed E-state index contributed by atoms with van der Waals surface area (Å²) in [4.78, 5) is 1.03. The average molecular weight is 249 g/mol. The van der Waals surface area contributed by atoms with Gasteiger partial charge in [-0.05, 0) is 22.0 Å². The predicted molar refractivity (Wildman–Crippen MR) is 53.3 cm³/mol. The van der Waals surface area contributed by atoms with Crippen LogP contribution in [-0.4, -0.2) is 5.11 Å². The van der Waals surface area contributed by atoms with Crippen molar-refractivity contribution >= 4 is 48.0 Å². The van der Waals surface area contributed by atoms with Crippen molar-refractivity contribution in [3.63, 3.8) is 0 Å². The van der Waals surface area contributed by atoms with Gasteiger partial charge in [-0.2, -0.15) is 0 Å². The molecule has 0 aliphatic heterocycles. The van der Waals surface area contributed by atoms with Gasteiger partial charge in [-0.1, -0.05) is 0 Å². The summed E-state index contributed by atoms with van der Waals surface area (Å²) >= 11 is 6.81. The first-order valence-electron chi connectivity index (χ1n) is 3.07. The highest BCUT2D eigenvalue weighted by atomic mass is 79.9. The van der Waals surface area contributed by atoms with Crippen LogP contribution in [0.25, 0.3) is 9.40 Å². The molecular formula is C7H5BrOS2. The second-order valence-electron chi connectivity index (χ2n) is 2.16. The molecule has 0 atom stereocenters. The summed E-state index contributed by atoms with van der Waals surface area (Å²) < 4.78 is 2.41. The number of thiophene rings is 2. The van der Waals surface area contributed by atoms with Gasteiger partial charge in [0.05, 0.1) is 10.6 Å². The van der Waals surface area contributed by atoms with Crippen LogP contribution < -0.4 is 0 Å². The molecule has 0 unspecified atom stereocenters. The van der Waals surface area contributed by atoms with Gasteiger partial charge in [-0.25, -0.2) is 0 Å². The maximum absolute atomic E-state index is 8.85. The Morgan fingerprint density at radius 1 is 1.55 bits per heavy atom. The number of halogens is 1. The van der Waals surface area contributed by atoms with Gasteiger partial charge in [0.15, 0.2) is 0 Å². The Bertz CT molecular complexity index is 377. The Kier molecular flexibility index (Phi) is 2.01. The van der Waals surface area contributed by atoms with Crippen molar-refractivity contribution in [3.8, 4) is 0 Å². The molecular weight excluding hydrogens is 244 g/mol. The molecule has 1 nitrogen and oxygen atoms in total. The van der Waals surface area contributed by atoms with Crippen LogP contribution in [0.5, 0.6) is 0 Å². The second-order valence-corrected chi connectivity index (χ2v) is 5.28. The van der Waals surface area contributed by atoms with E-state index in [-0.39, 0.29) is 6.61 Å². The van der Waals surface area contributed by atoms with Gasteiger partial charge in [-0.15, -0.1) is 22.7 Å². The summed E-state index contributed by atoms with van der Waals surface area (Å²) in [5.41, 5.74) is 0. The van der Waals surface area contributed by atoms with Crippen LogP contribution in [0.4, 0.5) is 0 Å². The van der Waals surface area contributed by atoms with Crippen LogP contribution in [0.2, 0.25) is 0 Å². The molecule has 4 heteroatoms. The maximum Gasteiger partial charge on any atom is 0.0880 e. The number of fused-ring (bicyclic) bond motifs is 1. The monoisotopic (exact) mass is 248 g/mol. The van der Waals surface area contributed by atoms with E-state index in [9.17, 15) is 0 Å². The zero-order chi connectivity index (χ0) is 7.84. The van der Waals surface area contributed by atoms with Crippen LogP contribution in [-0.2, 0) is 6.61 Å². The minimum Gasteiger partial charge on any atom is -0.391 e. The van der Waals surface area contributed by atoms with Crippen molar-refractivity contribution < 1.29 is 5.11 Å². The number of hydrogen-bond donors (Lipinski definition) is 1. The fraction of sp³-hybridized carbons (Fsp3) is 0.143. The third-order valence-corrected chi connectivity index (χ3v) is 4.63. The zero-order valence-electron chi connectivity index (χ0n) is 5.50. The van der Waals surface area contributed by atoms with Crippen LogP contribution in [0.3, 0.4) is 0 Å². The number of rotatable bonds is 1. The molecule has 0 amide bonds. The molecule has 2 heterocycles. The Morgan fingerprint density at radius 2 is 2.36 bits per heavy atom. The second kappa shape index (κ2) is 2.86. The zero-order valence-corrected chi connectivity index (χ0v) is 8.72. The van der Waals surface area contributed by atoms with Crippen molar-refractivity contribution in [2.45, 2.75) is 6.61 Å². The van der Waals surface area contributed by atoms with Crippen molar-refractivity contribution in [2.75, 3.05) is 0 Å². The molecule has 0 aliphatic rings. The lowest BCUT2D eigenvalue weighted by Gasteiger charge is -1.81. The molecule has 2 rings (SSSR count). The summed E-state index contributed by atoms with van der Waals surface area (Å²) in [5.74, 6) is 0. The number of hydrogen-bond acceptors (Lipinski definition) is 3. The predicted octanol–water partition coefficient (Wildman–Crippen LogP) is 3.22. The van der Waals surface area contributed by atoms with E-state index in [0.717, 1.165) is 9.35 Å². The topological polar surface area (TPSA) is 20.2 Å². The lowest BCUT2D eigenvalue weighted by Crippen LogP contribution is -1.70. The summed E-state index contributed by atoms with van der Waals surface area (Å²) in [7, 11) is 0. The van der Waals surface area contributed by atoms with Crippen molar-refractivity contribution in [1.82, 2.24) is 0 Å². The molecule has 0 aromatic carbocycles. The standard InChI is InChI=1S/C7H5BrOS2/c8-6-3-10-7-5(6)1-4(2-9)11-7/h1,3,9H,2H2. The molecule has 0 saturated heterocycles. The SMILES string of the molecule is OCc1cc2c(Br)csc2s1. The van der Waals surface area contributed by atoms with Gasteiger partial charge < -0.3 is 5.11 Å². The molecule has 1 N–H and O–H groups in total. The third-order valence-electron chi connectivity index (χ3n) is 1.43. The number of aliphatic hydroxyl groups is 1. The molecule has 0 radical (unpaired) electrons. The normalized spacial score (nSPS) is 11.1. The first-order valence-corrected chi connectivity index (χ1v) is 5.56. The Balaban J connectivity index is 2.70. The van der Waals surface area contributed by atoms with Gasteiger partial charge in [-0.3, -0.25) is 0 Å². The van der Waals surface area contributed by atoms with Gasteiger partial charge in [0.2, 0.25) is 0 Å². The molecule has 0 bridgehead atoms. The molecule has 2 aromatic heterocycles. The van der Waals surface area contributed by atoms with E-state index < -0.39 is 0 Å². The summed E-state index contributed by atoms with van der Waals surface area (Å²) in [6.45, 7) is 0.151. The van der Waals surface area contributed by atoms with Gasteiger partial charge in [0.25, 0.3) is 0 Å². The van der Waals surface area contributed by atoms with Crippen LogP contribution >= 0.6 is 38.6 Å². The quantitative estimate of drug-likeness (QED) is 0.822. The minimum atomic E-state index is 0.151. The lowest BCUT2D eigenvalue weighted by atomic mass is 10.4. The van der Waals surface area contributed by atoms with Crippen LogP contribution in [0, 0.1) is 0 Å². The van der Waals surface area contributed by atoms with Crippen LogP contribution in [0.1, 0.15) is 4.88 Å². The molecule has 0 saturated carbocycles. The molecule has 11 heavy (non-hydrogen) atoms. The minimum absolute atomic E-state index is 0.151. The number of aliphatic hydroxyl groups excluding tert-OH is 1. The van der Waals surface area contributed by atoms with E-state index in [0.29, 0.717) is 0 Å². The smallest absolute Gasteiger partial charge is 0.0880 e. The van der Waals surface area contributed by atoms with Crippen molar-refractivity contribution in [3.05, 3.63) is 20.8 Å². The Hall–Kier alpha value is 0.1000. The van der Waals surface area contributed by atoms with E-state index in [2.05, 4.69) is 21.3 Å². The van der Waals surface area contributed by atoms with Crippen molar-refractivity contribution in [1.29, 1.82) is 0 Å². The largest absolute Gasteiger partial charge is 0.391 e. The summed E-state index contributed by atoms with van der Waals surface area (Å²) in [6.07, 6.45) is 0. The molecule has 0 spiro atoms. The van der Waals surface area contributed by atoms with E-state index in [4.69, 9.17) is 5.11 Å². The maximum atomic E-state index is 8.85. The Labute approximate surface area is 80.4 Å². The highest BCUT2D eigenvalue weighted by Gasteiger charge is 2.05. The summed E-state index contributed by atoms with van der Waals surface area (Å²) in [5, 5.41) is 12.1. The van der Waals surface area contributed by atoms with Crippen molar-refractivity contribution in [2.24, 2.45) is 0 Å². The van der Waals surface area contributed by atoms with Gasteiger partial charge in [0.1, 0.15) is 0 Å². The first-order chi connectivity index (χ1) is 5.31. The van der Waals surface area contributed by atoms with E-state index in [1.165, 1.54) is 9.40 Å². The Morgan fingerprint density at radius 3 is 3.00 bits per heavy atom. The molecule has 58 valence electrons. The highest BCUT2D eigenvalue weighted by Crippen LogP contribution is 2.36. The fourth-order valence-electron chi connectivity index (χ4n) is 0.924. The molecule has 2 aromatic rings. The third kappa shape index (κ3) is 1.24. The molecule has 0 fully saturated rings. The highest BCUT2D eigenvalue weighted by molar-refractivity contribution is 9.10. The lowest BCUT2D eigenvalue weighted by molar-refractivity contribution is 0.285. The molecule has 0 aliphatic carbocycles.